The summed E-state index contributed by atoms with van der Waals surface area (Å²) in [6.45, 7) is 0. The molecule has 0 amide bonds. The first-order valence-electron chi connectivity index (χ1n) is 22.2. The Morgan fingerprint density at radius 2 is 0.631 bits per heavy atom. The molecule has 10 aromatic carbocycles. The molecule has 15 aromatic rings. The molecule has 15 rings (SSSR count). The third-order valence-corrected chi connectivity index (χ3v) is 13.8. The summed E-state index contributed by atoms with van der Waals surface area (Å²) in [6, 6.07) is 76.4. The van der Waals surface area contributed by atoms with E-state index >= 15 is 0 Å². The van der Waals surface area contributed by atoms with E-state index in [9.17, 15) is 0 Å². The number of benzene rings is 10. The summed E-state index contributed by atoms with van der Waals surface area (Å²) in [4.78, 5) is 0. The average Bonchev–Trinajstić information content (AvgIpc) is 4.17. The molecule has 0 N–H and O–H groups in total. The summed E-state index contributed by atoms with van der Waals surface area (Å²) in [5, 5.41) is 11.7. The lowest BCUT2D eigenvalue weighted by molar-refractivity contribution is 0.669. The maximum Gasteiger partial charge on any atom is 0.145 e. The van der Waals surface area contributed by atoms with Gasteiger partial charge in [0.25, 0.3) is 0 Å². The summed E-state index contributed by atoms with van der Waals surface area (Å²) >= 11 is 0. The van der Waals surface area contributed by atoms with Crippen molar-refractivity contribution in [2.75, 3.05) is 0 Å². The largest absolute Gasteiger partial charge is 0.456 e. The van der Waals surface area contributed by atoms with Crippen molar-refractivity contribution < 1.29 is 8.83 Å². The number of rotatable bonds is 4. The third-order valence-electron chi connectivity index (χ3n) is 13.8. The molecule has 0 saturated carbocycles. The van der Waals surface area contributed by atoms with Crippen molar-refractivity contribution in [3.8, 4) is 28.2 Å². The van der Waals surface area contributed by atoms with Gasteiger partial charge in [-0.15, -0.1) is 0 Å². The lowest BCUT2D eigenvalue weighted by Crippen LogP contribution is -1.97. The van der Waals surface area contributed by atoms with Gasteiger partial charge in [-0.05, 0) is 120 Å². The molecule has 0 saturated heterocycles. The Balaban J connectivity index is 0.851. The summed E-state index contributed by atoms with van der Waals surface area (Å²) < 4.78 is 20.4. The molecule has 0 atom stereocenters. The summed E-state index contributed by atoms with van der Waals surface area (Å²) in [5.74, 6) is 0. The molecule has 0 fully saturated rings. The minimum atomic E-state index is 0.870. The van der Waals surface area contributed by atoms with Gasteiger partial charge < -0.3 is 22.5 Å². The average molecular weight is 830 g/mol. The van der Waals surface area contributed by atoms with Gasteiger partial charge in [-0.1, -0.05) is 103 Å². The van der Waals surface area contributed by atoms with Crippen LogP contribution in [0.5, 0.6) is 0 Å². The molecule has 0 radical (unpaired) electrons. The molecule has 5 heterocycles. The third kappa shape index (κ3) is 4.81. The topological polar surface area (TPSA) is 41.1 Å². The maximum absolute atomic E-state index is 6.85. The van der Waals surface area contributed by atoms with Gasteiger partial charge in [0, 0.05) is 65.5 Å². The quantitative estimate of drug-likeness (QED) is 0.177. The van der Waals surface area contributed by atoms with Crippen LogP contribution >= 0.6 is 0 Å². The molecule has 0 aliphatic rings. The number of furan rings is 2. The van der Waals surface area contributed by atoms with Gasteiger partial charge in [0.15, 0.2) is 0 Å². The van der Waals surface area contributed by atoms with Gasteiger partial charge in [-0.25, -0.2) is 0 Å². The van der Waals surface area contributed by atoms with E-state index in [0.717, 1.165) is 93.9 Å². The van der Waals surface area contributed by atoms with Crippen LogP contribution in [0.25, 0.3) is 137 Å². The smallest absolute Gasteiger partial charge is 0.145 e. The zero-order valence-corrected chi connectivity index (χ0v) is 34.9. The van der Waals surface area contributed by atoms with E-state index in [1.54, 1.807) is 0 Å². The van der Waals surface area contributed by atoms with Crippen molar-refractivity contribution >= 4 is 109 Å². The van der Waals surface area contributed by atoms with Crippen LogP contribution in [0.15, 0.2) is 221 Å². The van der Waals surface area contributed by atoms with Gasteiger partial charge >= 0.3 is 0 Å². The highest BCUT2D eigenvalue weighted by atomic mass is 16.3. The molecule has 0 spiro atoms. The fourth-order valence-electron chi connectivity index (χ4n) is 11.0. The fourth-order valence-corrected chi connectivity index (χ4v) is 11.0. The summed E-state index contributed by atoms with van der Waals surface area (Å²) in [6.07, 6.45) is 0. The van der Waals surface area contributed by atoms with Gasteiger partial charge in [0.05, 0.1) is 38.5 Å². The normalized spacial score (nSPS) is 12.3. The van der Waals surface area contributed by atoms with Crippen LogP contribution in [0.2, 0.25) is 0 Å². The van der Waals surface area contributed by atoms with Crippen molar-refractivity contribution in [1.29, 1.82) is 0 Å². The molecule has 0 aliphatic carbocycles. The van der Waals surface area contributed by atoms with Crippen molar-refractivity contribution in [2.24, 2.45) is 0 Å². The van der Waals surface area contributed by atoms with Gasteiger partial charge in [-0.3, -0.25) is 0 Å². The first-order valence-corrected chi connectivity index (χ1v) is 22.2. The van der Waals surface area contributed by atoms with E-state index in [1.807, 2.05) is 0 Å². The van der Waals surface area contributed by atoms with Crippen LogP contribution in [-0.4, -0.2) is 13.7 Å². The highest BCUT2D eigenvalue weighted by molar-refractivity contribution is 6.24. The fraction of sp³-hybridized carbons (Fsp3) is 0. The molecule has 5 nitrogen and oxygen atoms in total. The Bertz CT molecular complexity index is 4370. The van der Waals surface area contributed by atoms with E-state index in [1.165, 1.54) is 43.6 Å². The van der Waals surface area contributed by atoms with E-state index in [4.69, 9.17) is 8.83 Å². The molecule has 302 valence electrons. The van der Waals surface area contributed by atoms with E-state index in [0.29, 0.717) is 0 Å². The minimum absolute atomic E-state index is 0.870. The first kappa shape index (κ1) is 34.7. The Kier molecular flexibility index (Phi) is 6.89. The van der Waals surface area contributed by atoms with E-state index in [2.05, 4.69) is 226 Å². The number of fused-ring (bicyclic) bond motifs is 16. The highest BCUT2D eigenvalue weighted by Gasteiger charge is 2.21. The Labute approximate surface area is 370 Å². The highest BCUT2D eigenvalue weighted by Crippen LogP contribution is 2.43. The molecular weight excluding hydrogens is 795 g/mol. The summed E-state index contributed by atoms with van der Waals surface area (Å²) in [7, 11) is 0. The van der Waals surface area contributed by atoms with Crippen LogP contribution in [0.3, 0.4) is 0 Å². The SMILES string of the molecule is c1ccc2c(c1)c1ccccc1n2-c1ccc(-n2c3ccccc3c3c4oc5ccc(-c6ccc7oc8ccc(-n9c%10ccccc%10c%10ccccc%109)cc8c7c6)cc5c4ccc32)cc1. The minimum Gasteiger partial charge on any atom is -0.456 e. The molecular formula is C60H35N3O2. The van der Waals surface area contributed by atoms with Gasteiger partial charge in [0.2, 0.25) is 0 Å². The molecule has 5 aromatic heterocycles. The van der Waals surface area contributed by atoms with Gasteiger partial charge in [0.1, 0.15) is 22.3 Å². The first-order chi connectivity index (χ1) is 32.2. The lowest BCUT2D eigenvalue weighted by atomic mass is 10.00. The van der Waals surface area contributed by atoms with Crippen LogP contribution < -0.4 is 0 Å². The van der Waals surface area contributed by atoms with Gasteiger partial charge in [-0.2, -0.15) is 0 Å². The van der Waals surface area contributed by atoms with Crippen LogP contribution in [0.1, 0.15) is 0 Å². The van der Waals surface area contributed by atoms with Crippen molar-refractivity contribution in [2.45, 2.75) is 0 Å². The van der Waals surface area contributed by atoms with Crippen molar-refractivity contribution in [3.63, 3.8) is 0 Å². The predicted octanol–water partition coefficient (Wildman–Crippen LogP) is 16.4. The lowest BCUT2D eigenvalue weighted by Gasteiger charge is -2.11. The monoisotopic (exact) mass is 829 g/mol. The molecule has 0 bridgehead atoms. The zero-order chi connectivity index (χ0) is 42.3. The van der Waals surface area contributed by atoms with Crippen LogP contribution in [0.4, 0.5) is 0 Å². The maximum atomic E-state index is 6.85. The zero-order valence-electron chi connectivity index (χ0n) is 34.9. The van der Waals surface area contributed by atoms with Crippen LogP contribution in [-0.2, 0) is 0 Å². The number of nitrogens with zero attached hydrogens (tertiary/aromatic N) is 3. The Morgan fingerprint density at radius 3 is 1.17 bits per heavy atom. The molecule has 65 heavy (non-hydrogen) atoms. The standard InChI is InChI=1S/C60H35N3O2/c1-6-16-50-41(11-1)42-12-2-7-17-51(42)61(50)38-23-25-39(26-24-38)62-54-20-10-5-15-46(54)59-55(62)29-28-45-47-33-36(22-31-58(47)65-60(45)59)37-21-30-56-48(34-37)49-35-40(27-32-57(49)64-56)63-52-18-8-3-13-43(52)44-14-4-9-19-53(44)63/h1-35H. The second kappa shape index (κ2) is 12.9. The Hall–Kier alpha value is -8.80. The molecule has 0 aliphatic heterocycles. The second-order valence-corrected chi connectivity index (χ2v) is 17.3. The molecule has 0 unspecified atom stereocenters. The van der Waals surface area contributed by atoms with Crippen molar-refractivity contribution in [3.05, 3.63) is 212 Å². The second-order valence-electron chi connectivity index (χ2n) is 17.3. The van der Waals surface area contributed by atoms with Crippen LogP contribution in [0, 0.1) is 0 Å². The predicted molar refractivity (Wildman–Crippen MR) is 269 cm³/mol. The number of hydrogen-bond donors (Lipinski definition) is 0. The summed E-state index contributed by atoms with van der Waals surface area (Å²) in [5.41, 5.74) is 16.2. The van der Waals surface area contributed by atoms with E-state index in [-0.39, 0.29) is 0 Å². The molecule has 5 heteroatoms. The number of aromatic nitrogens is 3. The van der Waals surface area contributed by atoms with Crippen molar-refractivity contribution in [1.82, 2.24) is 13.7 Å². The number of hydrogen-bond acceptors (Lipinski definition) is 2. The Morgan fingerprint density at radius 1 is 0.246 bits per heavy atom. The van der Waals surface area contributed by atoms with E-state index < -0.39 is 0 Å². The number of para-hydroxylation sites is 5.